The van der Waals surface area contributed by atoms with Crippen LogP contribution in [-0.4, -0.2) is 20.1 Å². The van der Waals surface area contributed by atoms with Gasteiger partial charge >= 0.3 is 0 Å². The quantitative estimate of drug-likeness (QED) is 0.813. The molecule has 0 spiro atoms. The fraction of sp³-hybridized carbons (Fsp3) is 0.350. The summed E-state index contributed by atoms with van der Waals surface area (Å²) in [7, 11) is 3.20. The molecule has 1 atom stereocenters. The minimum absolute atomic E-state index is 0.0615. The Labute approximate surface area is 156 Å². The minimum Gasteiger partial charge on any atom is -0.493 e. The molecular weight excluding hydrogens is 382 g/mol. The van der Waals surface area contributed by atoms with E-state index in [0.717, 1.165) is 29.3 Å². The average Bonchev–Trinajstić information content (AvgIpc) is 2.65. The van der Waals surface area contributed by atoms with Gasteiger partial charge in [0.05, 0.1) is 24.6 Å². The van der Waals surface area contributed by atoms with Crippen molar-refractivity contribution >= 4 is 21.8 Å². The molecule has 0 fully saturated rings. The molecule has 0 aromatic heterocycles. The fourth-order valence-electron chi connectivity index (χ4n) is 3.41. The zero-order valence-electron chi connectivity index (χ0n) is 14.5. The Morgan fingerprint density at radius 1 is 1.24 bits per heavy atom. The van der Waals surface area contributed by atoms with E-state index in [-0.39, 0.29) is 11.8 Å². The zero-order valence-corrected chi connectivity index (χ0v) is 16.1. The van der Waals surface area contributed by atoms with Gasteiger partial charge in [-0.1, -0.05) is 24.3 Å². The average molecular weight is 404 g/mol. The Morgan fingerprint density at radius 3 is 2.80 bits per heavy atom. The van der Waals surface area contributed by atoms with Crippen LogP contribution in [0.4, 0.5) is 0 Å². The highest BCUT2D eigenvalue weighted by atomic mass is 79.9. The molecule has 2 aromatic rings. The van der Waals surface area contributed by atoms with Crippen molar-refractivity contribution in [2.24, 2.45) is 0 Å². The van der Waals surface area contributed by atoms with Gasteiger partial charge in [-0.25, -0.2) is 0 Å². The molecule has 25 heavy (non-hydrogen) atoms. The largest absolute Gasteiger partial charge is 0.493 e. The van der Waals surface area contributed by atoms with Gasteiger partial charge in [0.15, 0.2) is 11.5 Å². The molecule has 4 nitrogen and oxygen atoms in total. The molecule has 1 unspecified atom stereocenters. The van der Waals surface area contributed by atoms with Crippen LogP contribution in [0.2, 0.25) is 0 Å². The number of carbonyl (C=O) groups is 1. The fourth-order valence-corrected chi connectivity index (χ4v) is 4.06. The van der Waals surface area contributed by atoms with Crippen molar-refractivity contribution in [3.63, 3.8) is 0 Å². The molecule has 0 aliphatic heterocycles. The predicted octanol–water partition coefficient (Wildman–Crippen LogP) is 4.20. The molecule has 2 aromatic carbocycles. The summed E-state index contributed by atoms with van der Waals surface area (Å²) in [6.45, 7) is 0.455. The number of carbonyl (C=O) groups excluding carboxylic acids is 1. The first kappa shape index (κ1) is 17.8. The van der Waals surface area contributed by atoms with Crippen molar-refractivity contribution in [1.82, 2.24) is 5.32 Å². The lowest BCUT2D eigenvalue weighted by molar-refractivity contribution is -0.123. The molecule has 1 aliphatic carbocycles. The predicted molar refractivity (Wildman–Crippen MR) is 101 cm³/mol. The van der Waals surface area contributed by atoms with Crippen molar-refractivity contribution in [3.8, 4) is 11.5 Å². The number of hydrogen-bond acceptors (Lipinski definition) is 3. The lowest BCUT2D eigenvalue weighted by Gasteiger charge is -2.24. The van der Waals surface area contributed by atoms with E-state index in [0.29, 0.717) is 18.0 Å². The van der Waals surface area contributed by atoms with Crippen molar-refractivity contribution in [1.29, 1.82) is 0 Å². The maximum atomic E-state index is 12.7. The normalized spacial score (nSPS) is 16.0. The van der Waals surface area contributed by atoms with Crippen LogP contribution in [0.1, 0.15) is 35.4 Å². The van der Waals surface area contributed by atoms with Gasteiger partial charge in [-0.15, -0.1) is 0 Å². The van der Waals surface area contributed by atoms with Crippen LogP contribution in [0.15, 0.2) is 40.9 Å². The molecule has 5 heteroatoms. The van der Waals surface area contributed by atoms with Crippen LogP contribution in [0.5, 0.6) is 11.5 Å². The highest BCUT2D eigenvalue weighted by Crippen LogP contribution is 2.36. The summed E-state index contributed by atoms with van der Waals surface area (Å²) in [6, 6.07) is 12.1. The standard InChI is InChI=1S/C20H22BrNO3/c1-24-18-11-13(10-17(21)19(18)25-2)12-22-20(23)16-9-5-7-14-6-3-4-8-15(14)16/h3-4,6,8,10-11,16H,5,7,9,12H2,1-2H3,(H,22,23). The van der Waals surface area contributed by atoms with Crippen LogP contribution >= 0.6 is 15.9 Å². The topological polar surface area (TPSA) is 47.6 Å². The number of benzene rings is 2. The first-order chi connectivity index (χ1) is 12.1. The van der Waals surface area contributed by atoms with Crippen LogP contribution < -0.4 is 14.8 Å². The molecule has 132 valence electrons. The Bertz CT molecular complexity index is 776. The molecule has 0 saturated heterocycles. The summed E-state index contributed by atoms with van der Waals surface area (Å²) < 4.78 is 11.5. The van der Waals surface area contributed by atoms with Crippen LogP contribution in [0.25, 0.3) is 0 Å². The zero-order chi connectivity index (χ0) is 17.8. The number of halogens is 1. The number of methoxy groups -OCH3 is 2. The SMILES string of the molecule is COc1cc(CNC(=O)C2CCCc3ccccc32)cc(Br)c1OC. The van der Waals surface area contributed by atoms with E-state index >= 15 is 0 Å². The van der Waals surface area contributed by atoms with Gasteiger partial charge < -0.3 is 14.8 Å². The summed E-state index contributed by atoms with van der Waals surface area (Å²) in [5.41, 5.74) is 3.42. The monoisotopic (exact) mass is 403 g/mol. The maximum Gasteiger partial charge on any atom is 0.227 e. The minimum atomic E-state index is -0.0615. The van der Waals surface area contributed by atoms with E-state index in [2.05, 4.69) is 33.4 Å². The van der Waals surface area contributed by atoms with Crippen molar-refractivity contribution < 1.29 is 14.3 Å². The van der Waals surface area contributed by atoms with E-state index in [4.69, 9.17) is 9.47 Å². The third-order valence-electron chi connectivity index (χ3n) is 4.65. The molecule has 1 amide bonds. The van der Waals surface area contributed by atoms with E-state index in [1.807, 2.05) is 24.3 Å². The summed E-state index contributed by atoms with van der Waals surface area (Å²) in [4.78, 5) is 12.7. The Balaban J connectivity index is 1.72. The molecule has 0 heterocycles. The third kappa shape index (κ3) is 3.82. The Morgan fingerprint density at radius 2 is 2.04 bits per heavy atom. The number of aryl methyl sites for hydroxylation is 1. The highest BCUT2D eigenvalue weighted by molar-refractivity contribution is 9.10. The lowest BCUT2D eigenvalue weighted by atomic mass is 9.82. The highest BCUT2D eigenvalue weighted by Gasteiger charge is 2.26. The molecule has 0 bridgehead atoms. The smallest absolute Gasteiger partial charge is 0.227 e. The second-order valence-corrected chi connectivity index (χ2v) is 7.03. The molecule has 1 aliphatic rings. The molecule has 3 rings (SSSR count). The number of rotatable bonds is 5. The lowest BCUT2D eigenvalue weighted by Crippen LogP contribution is -2.31. The first-order valence-electron chi connectivity index (χ1n) is 8.40. The molecule has 0 saturated carbocycles. The van der Waals surface area contributed by atoms with Gasteiger partial charge in [0, 0.05) is 6.54 Å². The summed E-state index contributed by atoms with van der Waals surface area (Å²) >= 11 is 3.49. The molecule has 0 radical (unpaired) electrons. The van der Waals surface area contributed by atoms with Gasteiger partial charge in [0.2, 0.25) is 5.91 Å². The van der Waals surface area contributed by atoms with Crippen molar-refractivity contribution in [2.45, 2.75) is 31.7 Å². The van der Waals surface area contributed by atoms with E-state index in [9.17, 15) is 4.79 Å². The second kappa shape index (κ2) is 7.91. The summed E-state index contributed by atoms with van der Waals surface area (Å²) in [6.07, 6.45) is 3.01. The summed E-state index contributed by atoms with van der Waals surface area (Å²) in [5, 5.41) is 3.07. The van der Waals surface area contributed by atoms with E-state index in [1.54, 1.807) is 14.2 Å². The van der Waals surface area contributed by atoms with Gasteiger partial charge in [-0.3, -0.25) is 4.79 Å². The van der Waals surface area contributed by atoms with Crippen LogP contribution in [0, 0.1) is 0 Å². The van der Waals surface area contributed by atoms with E-state index < -0.39 is 0 Å². The number of nitrogens with one attached hydrogen (secondary N) is 1. The Kier molecular flexibility index (Phi) is 5.63. The van der Waals surface area contributed by atoms with Gasteiger partial charge in [0.1, 0.15) is 0 Å². The van der Waals surface area contributed by atoms with Crippen LogP contribution in [-0.2, 0) is 17.8 Å². The second-order valence-electron chi connectivity index (χ2n) is 6.17. The van der Waals surface area contributed by atoms with Crippen molar-refractivity contribution in [2.75, 3.05) is 14.2 Å². The number of amides is 1. The van der Waals surface area contributed by atoms with Crippen LogP contribution in [0.3, 0.4) is 0 Å². The molecule has 1 N–H and O–H groups in total. The van der Waals surface area contributed by atoms with Gasteiger partial charge in [-0.2, -0.15) is 0 Å². The maximum absolute atomic E-state index is 12.7. The summed E-state index contributed by atoms with van der Waals surface area (Å²) in [5.74, 6) is 1.31. The number of fused-ring (bicyclic) bond motifs is 1. The third-order valence-corrected chi connectivity index (χ3v) is 5.24. The van der Waals surface area contributed by atoms with Crippen molar-refractivity contribution in [3.05, 3.63) is 57.6 Å². The molecular formula is C20H22BrNO3. The van der Waals surface area contributed by atoms with E-state index in [1.165, 1.54) is 11.1 Å². The van der Waals surface area contributed by atoms with Gasteiger partial charge in [-0.05, 0) is 64.0 Å². The number of ether oxygens (including phenoxy) is 2. The Hall–Kier alpha value is -2.01. The number of hydrogen-bond donors (Lipinski definition) is 1. The van der Waals surface area contributed by atoms with Gasteiger partial charge in [0.25, 0.3) is 0 Å². The first-order valence-corrected chi connectivity index (χ1v) is 9.19.